The van der Waals surface area contributed by atoms with Crippen LogP contribution in [0.25, 0.3) is 11.4 Å². The molecule has 1 heterocycles. The van der Waals surface area contributed by atoms with Gasteiger partial charge in [-0.15, -0.1) is 0 Å². The second kappa shape index (κ2) is 8.62. The monoisotopic (exact) mass is 363 g/mol. The molecule has 0 N–H and O–H groups in total. The maximum absolute atomic E-state index is 12.8. The van der Waals surface area contributed by atoms with Crippen LogP contribution < -0.4 is 4.90 Å². The third-order valence-corrected chi connectivity index (χ3v) is 4.49. The van der Waals surface area contributed by atoms with E-state index in [2.05, 4.69) is 17.1 Å². The smallest absolute Gasteiger partial charge is 0.227 e. The third-order valence-electron chi connectivity index (χ3n) is 4.49. The molecule has 0 unspecified atom stereocenters. The van der Waals surface area contributed by atoms with Crippen LogP contribution in [0.4, 0.5) is 5.69 Å². The fraction of sp³-hybridized carbons (Fsp3) is 0.318. The number of rotatable bonds is 7. The molecule has 3 rings (SSSR count). The van der Waals surface area contributed by atoms with Gasteiger partial charge in [0.15, 0.2) is 0 Å². The number of carbonyl (C=O) groups excluding carboxylic acids is 1. The minimum Gasteiger partial charge on any atom is -0.339 e. The van der Waals surface area contributed by atoms with Gasteiger partial charge in [-0.25, -0.2) is 0 Å². The van der Waals surface area contributed by atoms with Crippen LogP contribution in [0.5, 0.6) is 0 Å². The average molecular weight is 363 g/mol. The molecule has 0 bridgehead atoms. The van der Waals surface area contributed by atoms with Crippen molar-refractivity contribution >= 4 is 11.6 Å². The van der Waals surface area contributed by atoms with Crippen LogP contribution in [0.15, 0.2) is 53.1 Å². The number of hydrogen-bond acceptors (Lipinski definition) is 4. The molecule has 0 fully saturated rings. The summed E-state index contributed by atoms with van der Waals surface area (Å²) in [5.74, 6) is 1.11. The van der Waals surface area contributed by atoms with E-state index < -0.39 is 0 Å². The second-order valence-electron chi connectivity index (χ2n) is 6.71. The zero-order valence-electron chi connectivity index (χ0n) is 16.1. The number of benzene rings is 2. The van der Waals surface area contributed by atoms with Gasteiger partial charge in [0.05, 0.1) is 0 Å². The van der Waals surface area contributed by atoms with Crippen LogP contribution >= 0.6 is 0 Å². The maximum Gasteiger partial charge on any atom is 0.227 e. The molecule has 0 aliphatic carbocycles. The molecular formula is C22H25N3O2. The lowest BCUT2D eigenvalue weighted by molar-refractivity contribution is -0.118. The first-order valence-corrected chi connectivity index (χ1v) is 9.34. The van der Waals surface area contributed by atoms with Crippen LogP contribution in [0.1, 0.15) is 36.8 Å². The third kappa shape index (κ3) is 4.61. The number of nitrogens with zero attached hydrogens (tertiary/aromatic N) is 3. The van der Waals surface area contributed by atoms with Gasteiger partial charge in [0.25, 0.3) is 0 Å². The maximum atomic E-state index is 12.8. The summed E-state index contributed by atoms with van der Waals surface area (Å²) in [5.41, 5.74) is 4.16. The van der Waals surface area contributed by atoms with E-state index in [0.29, 0.717) is 31.1 Å². The van der Waals surface area contributed by atoms with Gasteiger partial charge < -0.3 is 9.42 Å². The first-order valence-electron chi connectivity index (χ1n) is 9.34. The van der Waals surface area contributed by atoms with Crippen molar-refractivity contribution in [1.29, 1.82) is 0 Å². The quantitative estimate of drug-likeness (QED) is 0.609. The summed E-state index contributed by atoms with van der Waals surface area (Å²) in [7, 11) is 0. The van der Waals surface area contributed by atoms with Crippen molar-refractivity contribution in [2.75, 3.05) is 11.4 Å². The summed E-state index contributed by atoms with van der Waals surface area (Å²) < 4.78 is 5.34. The van der Waals surface area contributed by atoms with Crippen molar-refractivity contribution in [2.24, 2.45) is 0 Å². The molecule has 27 heavy (non-hydrogen) atoms. The number of aromatic nitrogens is 2. The van der Waals surface area contributed by atoms with E-state index >= 15 is 0 Å². The summed E-state index contributed by atoms with van der Waals surface area (Å²) in [6, 6.07) is 15.9. The minimum absolute atomic E-state index is 0.0706. The molecule has 3 aromatic rings. The predicted molar refractivity (Wildman–Crippen MR) is 107 cm³/mol. The van der Waals surface area contributed by atoms with Crippen LogP contribution in [0.2, 0.25) is 0 Å². The van der Waals surface area contributed by atoms with E-state index in [-0.39, 0.29) is 5.91 Å². The standard InChI is InChI=1S/C22H25N3O2/c1-4-15-25(19-8-6-5-7-17(19)3)21(26)14-13-20-23-22(24-27-20)18-11-9-16(2)10-12-18/h5-12H,4,13-15H2,1-3H3. The van der Waals surface area contributed by atoms with Gasteiger partial charge in [-0.1, -0.05) is 60.1 Å². The van der Waals surface area contributed by atoms with E-state index in [1.165, 1.54) is 5.56 Å². The molecule has 0 aliphatic rings. The fourth-order valence-electron chi connectivity index (χ4n) is 2.99. The van der Waals surface area contributed by atoms with E-state index in [1.807, 2.05) is 67.3 Å². The van der Waals surface area contributed by atoms with Gasteiger partial charge in [-0.05, 0) is 31.9 Å². The molecule has 0 saturated heterocycles. The first-order chi connectivity index (χ1) is 13.1. The van der Waals surface area contributed by atoms with Crippen molar-refractivity contribution in [2.45, 2.75) is 40.0 Å². The zero-order chi connectivity index (χ0) is 19.2. The molecule has 0 aliphatic heterocycles. The molecule has 5 heteroatoms. The lowest BCUT2D eigenvalue weighted by Gasteiger charge is -2.24. The van der Waals surface area contributed by atoms with Crippen molar-refractivity contribution in [3.63, 3.8) is 0 Å². The van der Waals surface area contributed by atoms with E-state index in [4.69, 9.17) is 4.52 Å². The molecule has 0 radical (unpaired) electrons. The average Bonchev–Trinajstić information content (AvgIpc) is 3.14. The Balaban J connectivity index is 1.67. The van der Waals surface area contributed by atoms with Crippen molar-refractivity contribution < 1.29 is 9.32 Å². The molecule has 140 valence electrons. The number of hydrogen-bond donors (Lipinski definition) is 0. The summed E-state index contributed by atoms with van der Waals surface area (Å²) >= 11 is 0. The number of carbonyl (C=O) groups is 1. The molecule has 2 aromatic carbocycles. The Hall–Kier alpha value is -2.95. The topological polar surface area (TPSA) is 59.2 Å². The van der Waals surface area contributed by atoms with E-state index in [1.54, 1.807) is 0 Å². The van der Waals surface area contributed by atoms with E-state index in [9.17, 15) is 4.79 Å². The highest BCUT2D eigenvalue weighted by Crippen LogP contribution is 2.21. The van der Waals surface area contributed by atoms with Gasteiger partial charge in [0, 0.05) is 30.6 Å². The van der Waals surface area contributed by atoms with Gasteiger partial charge in [0.1, 0.15) is 0 Å². The van der Waals surface area contributed by atoms with Crippen molar-refractivity contribution in [1.82, 2.24) is 10.1 Å². The Bertz CT molecular complexity index is 900. The fourth-order valence-corrected chi connectivity index (χ4v) is 2.99. The number of aryl methyl sites for hydroxylation is 3. The highest BCUT2D eigenvalue weighted by Gasteiger charge is 2.18. The largest absolute Gasteiger partial charge is 0.339 e. The number of amides is 1. The number of anilines is 1. The lowest BCUT2D eigenvalue weighted by atomic mass is 10.1. The Kier molecular flexibility index (Phi) is 6.01. The van der Waals surface area contributed by atoms with Gasteiger partial charge >= 0.3 is 0 Å². The highest BCUT2D eigenvalue weighted by molar-refractivity contribution is 5.94. The van der Waals surface area contributed by atoms with Gasteiger partial charge in [-0.3, -0.25) is 4.79 Å². The van der Waals surface area contributed by atoms with Crippen molar-refractivity contribution in [3.8, 4) is 11.4 Å². The normalized spacial score (nSPS) is 10.8. The summed E-state index contributed by atoms with van der Waals surface area (Å²) in [5, 5.41) is 4.04. The van der Waals surface area contributed by atoms with Crippen LogP contribution in [-0.4, -0.2) is 22.6 Å². The zero-order valence-corrected chi connectivity index (χ0v) is 16.1. The highest BCUT2D eigenvalue weighted by atomic mass is 16.5. The molecule has 5 nitrogen and oxygen atoms in total. The predicted octanol–water partition coefficient (Wildman–Crippen LogP) is 4.73. The molecule has 0 saturated carbocycles. The Morgan fingerprint density at radius 3 is 2.52 bits per heavy atom. The van der Waals surface area contributed by atoms with Gasteiger partial charge in [-0.2, -0.15) is 4.98 Å². The Labute approximate surface area is 160 Å². The van der Waals surface area contributed by atoms with Gasteiger partial charge in [0.2, 0.25) is 17.6 Å². The van der Waals surface area contributed by atoms with Crippen LogP contribution in [0, 0.1) is 13.8 Å². The Morgan fingerprint density at radius 1 is 1.07 bits per heavy atom. The SMILES string of the molecule is CCCN(C(=O)CCc1nc(-c2ccc(C)cc2)no1)c1ccccc1C. The lowest BCUT2D eigenvalue weighted by Crippen LogP contribution is -2.32. The molecular weight excluding hydrogens is 338 g/mol. The minimum atomic E-state index is 0.0706. The summed E-state index contributed by atoms with van der Waals surface area (Å²) in [4.78, 5) is 19.1. The first kappa shape index (κ1) is 18.8. The molecule has 1 amide bonds. The molecule has 0 spiro atoms. The molecule has 1 aromatic heterocycles. The van der Waals surface area contributed by atoms with E-state index in [0.717, 1.165) is 23.2 Å². The number of para-hydroxylation sites is 1. The summed E-state index contributed by atoms with van der Waals surface area (Å²) in [6.07, 6.45) is 1.67. The summed E-state index contributed by atoms with van der Waals surface area (Å²) in [6.45, 7) is 6.83. The van der Waals surface area contributed by atoms with Crippen molar-refractivity contribution in [3.05, 3.63) is 65.5 Å². The second-order valence-corrected chi connectivity index (χ2v) is 6.71. The van der Waals surface area contributed by atoms with Crippen LogP contribution in [0.3, 0.4) is 0 Å². The van der Waals surface area contributed by atoms with Crippen LogP contribution in [-0.2, 0) is 11.2 Å². The molecule has 0 atom stereocenters. The Morgan fingerprint density at radius 2 is 1.81 bits per heavy atom.